The second-order valence-electron chi connectivity index (χ2n) is 8.12. The first kappa shape index (κ1) is 21.4. The molecule has 3 aromatic heterocycles. The van der Waals surface area contributed by atoms with E-state index < -0.39 is 0 Å². The average Bonchev–Trinajstić information content (AvgIpc) is 3.43. The van der Waals surface area contributed by atoms with E-state index in [9.17, 15) is 0 Å². The second kappa shape index (κ2) is 9.64. The number of aromatic nitrogens is 4. The van der Waals surface area contributed by atoms with Crippen LogP contribution in [0.3, 0.4) is 0 Å². The first-order chi connectivity index (χ1) is 17.8. The number of rotatable bonds is 6. The van der Waals surface area contributed by atoms with Gasteiger partial charge in [0.15, 0.2) is 0 Å². The van der Waals surface area contributed by atoms with Gasteiger partial charge in [-0.15, -0.1) is 0 Å². The Hall–Kier alpha value is -5.10. The molecule has 0 fully saturated rings. The van der Waals surface area contributed by atoms with Crippen molar-refractivity contribution in [3.8, 4) is 34.3 Å². The van der Waals surface area contributed by atoms with Crippen LogP contribution in [0.1, 0.15) is 11.3 Å². The summed E-state index contributed by atoms with van der Waals surface area (Å²) in [7, 11) is 0. The topological polar surface area (TPSA) is 73.9 Å². The molecule has 0 unspecified atom stereocenters. The standard InChI is InChI=1S/C30H20N4O2/c1-2-6-28-22(4-1)12-16-25(32-28)15-9-21-7-10-24(11-8-21)30-33-29(34-36-30)23-13-17-26(18-14-23)35-27-5-3-19-31-20-27/h1-20H/b15-9+. The fourth-order valence-corrected chi connectivity index (χ4v) is 3.77. The molecule has 0 spiro atoms. The Bertz CT molecular complexity index is 1640. The summed E-state index contributed by atoms with van der Waals surface area (Å²) in [6, 6.07) is 31.4. The maximum atomic E-state index is 5.79. The summed E-state index contributed by atoms with van der Waals surface area (Å²) in [6.07, 6.45) is 7.42. The third kappa shape index (κ3) is 4.74. The zero-order valence-electron chi connectivity index (χ0n) is 19.2. The van der Waals surface area contributed by atoms with Crippen LogP contribution in [0.25, 0.3) is 45.9 Å². The molecule has 0 saturated carbocycles. The molecule has 0 aliphatic carbocycles. The lowest BCUT2D eigenvalue weighted by Gasteiger charge is -2.04. The summed E-state index contributed by atoms with van der Waals surface area (Å²) >= 11 is 0. The summed E-state index contributed by atoms with van der Waals surface area (Å²) in [5.41, 5.74) is 4.64. The minimum Gasteiger partial charge on any atom is -0.456 e. The lowest BCUT2D eigenvalue weighted by Crippen LogP contribution is -1.86. The highest BCUT2D eigenvalue weighted by Gasteiger charge is 2.11. The van der Waals surface area contributed by atoms with Crippen molar-refractivity contribution in [2.24, 2.45) is 0 Å². The van der Waals surface area contributed by atoms with Gasteiger partial charge in [0.2, 0.25) is 5.82 Å². The van der Waals surface area contributed by atoms with Gasteiger partial charge >= 0.3 is 0 Å². The monoisotopic (exact) mass is 468 g/mol. The molecule has 3 aromatic carbocycles. The molecule has 0 bridgehead atoms. The lowest BCUT2D eigenvalue weighted by molar-refractivity contribution is 0.432. The number of nitrogens with zero attached hydrogens (tertiary/aromatic N) is 4. The van der Waals surface area contributed by atoms with Crippen molar-refractivity contribution in [1.82, 2.24) is 20.1 Å². The predicted octanol–water partition coefficient (Wildman–Crippen LogP) is 7.31. The van der Waals surface area contributed by atoms with E-state index in [1.165, 1.54) is 0 Å². The zero-order chi connectivity index (χ0) is 24.2. The number of fused-ring (bicyclic) bond motifs is 1. The summed E-state index contributed by atoms with van der Waals surface area (Å²) in [4.78, 5) is 13.3. The number of hydrogen-bond acceptors (Lipinski definition) is 6. The molecule has 6 rings (SSSR count). The molecule has 3 heterocycles. The van der Waals surface area contributed by atoms with Gasteiger partial charge in [-0.3, -0.25) is 4.98 Å². The Morgan fingerprint density at radius 3 is 2.33 bits per heavy atom. The van der Waals surface area contributed by atoms with Crippen molar-refractivity contribution in [3.63, 3.8) is 0 Å². The van der Waals surface area contributed by atoms with Crippen LogP contribution in [0.5, 0.6) is 11.5 Å². The van der Waals surface area contributed by atoms with Crippen LogP contribution in [-0.2, 0) is 0 Å². The van der Waals surface area contributed by atoms with Crippen molar-refractivity contribution in [2.45, 2.75) is 0 Å². The molecule has 0 saturated heterocycles. The van der Waals surface area contributed by atoms with Crippen molar-refractivity contribution < 1.29 is 9.26 Å². The second-order valence-corrected chi connectivity index (χ2v) is 8.12. The van der Waals surface area contributed by atoms with Crippen molar-refractivity contribution >= 4 is 23.1 Å². The van der Waals surface area contributed by atoms with Gasteiger partial charge in [0.25, 0.3) is 5.89 Å². The van der Waals surface area contributed by atoms with E-state index >= 15 is 0 Å². The van der Waals surface area contributed by atoms with E-state index in [-0.39, 0.29) is 0 Å². The van der Waals surface area contributed by atoms with Gasteiger partial charge in [-0.1, -0.05) is 47.6 Å². The van der Waals surface area contributed by atoms with Gasteiger partial charge in [0.05, 0.1) is 17.4 Å². The van der Waals surface area contributed by atoms with Crippen LogP contribution in [-0.4, -0.2) is 20.1 Å². The smallest absolute Gasteiger partial charge is 0.258 e. The van der Waals surface area contributed by atoms with Gasteiger partial charge in [-0.25, -0.2) is 4.98 Å². The Kier molecular flexibility index (Phi) is 5.74. The van der Waals surface area contributed by atoms with Crippen molar-refractivity contribution in [1.29, 1.82) is 0 Å². The van der Waals surface area contributed by atoms with Crippen molar-refractivity contribution in [2.75, 3.05) is 0 Å². The first-order valence-electron chi connectivity index (χ1n) is 11.5. The molecule has 6 nitrogen and oxygen atoms in total. The number of benzene rings is 3. The van der Waals surface area contributed by atoms with Crippen LogP contribution in [0.2, 0.25) is 0 Å². The largest absolute Gasteiger partial charge is 0.456 e. The predicted molar refractivity (Wildman–Crippen MR) is 140 cm³/mol. The Balaban J connectivity index is 1.14. The normalized spacial score (nSPS) is 11.2. The van der Waals surface area contributed by atoms with Gasteiger partial charge in [0.1, 0.15) is 11.5 Å². The summed E-state index contributed by atoms with van der Waals surface area (Å²) in [6.45, 7) is 0. The van der Waals surface area contributed by atoms with E-state index in [2.05, 4.69) is 32.2 Å². The minimum atomic E-state index is 0.465. The quantitative estimate of drug-likeness (QED) is 0.255. The molecule has 172 valence electrons. The summed E-state index contributed by atoms with van der Waals surface area (Å²) in [5, 5.41) is 5.27. The maximum Gasteiger partial charge on any atom is 0.258 e. The Labute approximate surface area is 207 Å². The van der Waals surface area contributed by atoms with E-state index in [1.54, 1.807) is 12.4 Å². The van der Waals surface area contributed by atoms with Gasteiger partial charge < -0.3 is 9.26 Å². The van der Waals surface area contributed by atoms with Crippen LogP contribution >= 0.6 is 0 Å². The summed E-state index contributed by atoms with van der Waals surface area (Å²) in [5.74, 6) is 2.37. The van der Waals surface area contributed by atoms with Crippen LogP contribution in [0.4, 0.5) is 0 Å². The molecule has 36 heavy (non-hydrogen) atoms. The SMILES string of the molecule is C(=C\c1ccc2ccccc2n1)/c1ccc(-c2nc(-c3ccc(Oc4cccnc4)cc3)no2)cc1. The molecule has 6 aromatic rings. The fourth-order valence-electron chi connectivity index (χ4n) is 3.77. The number of pyridine rings is 2. The highest BCUT2D eigenvalue weighted by molar-refractivity contribution is 5.81. The maximum absolute atomic E-state index is 5.79. The van der Waals surface area contributed by atoms with Crippen molar-refractivity contribution in [3.05, 3.63) is 121 Å². The molecule has 0 atom stereocenters. The number of para-hydroxylation sites is 1. The van der Waals surface area contributed by atoms with E-state index in [0.29, 0.717) is 23.2 Å². The van der Waals surface area contributed by atoms with Crippen LogP contribution in [0.15, 0.2) is 114 Å². The summed E-state index contributed by atoms with van der Waals surface area (Å²) < 4.78 is 11.3. The molecule has 0 N–H and O–H groups in total. The van der Waals surface area contributed by atoms with Crippen LogP contribution in [0, 0.1) is 0 Å². The van der Waals surface area contributed by atoms with E-state index in [1.807, 2.05) is 97.1 Å². The number of hydrogen-bond donors (Lipinski definition) is 0. The fraction of sp³-hybridized carbons (Fsp3) is 0. The average molecular weight is 469 g/mol. The third-order valence-electron chi connectivity index (χ3n) is 5.63. The highest BCUT2D eigenvalue weighted by atomic mass is 16.5. The van der Waals surface area contributed by atoms with Gasteiger partial charge in [-0.05, 0) is 72.3 Å². The molecule has 6 heteroatoms. The third-order valence-corrected chi connectivity index (χ3v) is 5.63. The Morgan fingerprint density at radius 1 is 0.667 bits per heavy atom. The lowest BCUT2D eigenvalue weighted by atomic mass is 10.1. The molecular weight excluding hydrogens is 448 g/mol. The van der Waals surface area contributed by atoms with E-state index in [0.717, 1.165) is 33.3 Å². The highest BCUT2D eigenvalue weighted by Crippen LogP contribution is 2.26. The van der Waals surface area contributed by atoms with Crippen LogP contribution < -0.4 is 4.74 Å². The molecule has 0 amide bonds. The zero-order valence-corrected chi connectivity index (χ0v) is 19.2. The molecule has 0 radical (unpaired) electrons. The van der Waals surface area contributed by atoms with E-state index in [4.69, 9.17) is 9.26 Å². The first-order valence-corrected chi connectivity index (χ1v) is 11.5. The minimum absolute atomic E-state index is 0.465. The number of ether oxygens (including phenoxy) is 1. The Morgan fingerprint density at radius 2 is 1.50 bits per heavy atom. The van der Waals surface area contributed by atoms with Gasteiger partial charge in [-0.2, -0.15) is 4.98 Å². The van der Waals surface area contributed by atoms with Gasteiger partial charge in [0, 0.05) is 22.7 Å². The molecule has 0 aliphatic rings. The molecular formula is C30H20N4O2. The molecule has 0 aliphatic heterocycles.